The second-order valence-electron chi connectivity index (χ2n) is 4.27. The molecule has 0 aliphatic rings. The summed E-state index contributed by atoms with van der Waals surface area (Å²) in [7, 11) is 0. The quantitative estimate of drug-likeness (QED) is 0.663. The summed E-state index contributed by atoms with van der Waals surface area (Å²) in [4.78, 5) is 23.9. The van der Waals surface area contributed by atoms with Gasteiger partial charge in [0.2, 0.25) is 0 Å². The molecule has 0 atom stereocenters. The molecule has 2 aromatic rings. The van der Waals surface area contributed by atoms with Gasteiger partial charge in [-0.25, -0.2) is 0 Å². The van der Waals surface area contributed by atoms with E-state index >= 15 is 0 Å². The monoisotopic (exact) mass is 351 g/mol. The summed E-state index contributed by atoms with van der Waals surface area (Å²) in [6, 6.07) is 11.8. The lowest BCUT2D eigenvalue weighted by Crippen LogP contribution is -2.23. The molecule has 0 saturated carbocycles. The van der Waals surface area contributed by atoms with E-state index < -0.39 is 11.7 Å². The molecule has 20 heavy (non-hydrogen) atoms. The fourth-order valence-electron chi connectivity index (χ4n) is 1.61. The molecule has 5 heteroatoms. The summed E-state index contributed by atoms with van der Waals surface area (Å²) in [5, 5.41) is 2.87. The first-order valence-electron chi connectivity index (χ1n) is 5.85. The number of rotatable bonds is 3. The maximum Gasteiger partial charge on any atom is 0.296 e. The van der Waals surface area contributed by atoms with Crippen molar-refractivity contribution in [3.8, 4) is 0 Å². The van der Waals surface area contributed by atoms with E-state index in [0.29, 0.717) is 16.3 Å². The highest BCUT2D eigenvalue weighted by molar-refractivity contribution is 9.10. The number of Topliss-reactive ketones (excluding diaryl/α,β-unsaturated/α-hetero) is 1. The number of halogens is 2. The molecular formula is C15H11BrClNO2. The number of hydrogen-bond acceptors (Lipinski definition) is 2. The first-order valence-corrected chi connectivity index (χ1v) is 7.02. The molecular weight excluding hydrogens is 342 g/mol. The topological polar surface area (TPSA) is 46.2 Å². The third kappa shape index (κ3) is 3.46. The number of amides is 1. The van der Waals surface area contributed by atoms with Gasteiger partial charge < -0.3 is 5.32 Å². The van der Waals surface area contributed by atoms with Crippen molar-refractivity contribution in [1.29, 1.82) is 0 Å². The molecule has 0 saturated heterocycles. The van der Waals surface area contributed by atoms with Crippen LogP contribution in [0.1, 0.15) is 15.9 Å². The highest BCUT2D eigenvalue weighted by Crippen LogP contribution is 2.25. The minimum absolute atomic E-state index is 0.348. The molecule has 0 unspecified atom stereocenters. The van der Waals surface area contributed by atoms with Crippen molar-refractivity contribution in [3.63, 3.8) is 0 Å². The molecule has 3 nitrogen and oxygen atoms in total. The third-order valence-corrected chi connectivity index (χ3v) is 3.51. The molecule has 2 aromatic carbocycles. The SMILES string of the molecule is Cc1ccc(C(=O)C(=O)Nc2ccc(Br)cc2Cl)cc1. The Morgan fingerprint density at radius 1 is 1.10 bits per heavy atom. The van der Waals surface area contributed by atoms with E-state index in [1.807, 2.05) is 6.92 Å². The van der Waals surface area contributed by atoms with Gasteiger partial charge in [-0.3, -0.25) is 9.59 Å². The second kappa shape index (κ2) is 6.20. The van der Waals surface area contributed by atoms with E-state index in [2.05, 4.69) is 21.2 Å². The second-order valence-corrected chi connectivity index (χ2v) is 5.60. The van der Waals surface area contributed by atoms with Crippen LogP contribution in [0.15, 0.2) is 46.9 Å². The number of aryl methyl sites for hydroxylation is 1. The summed E-state index contributed by atoms with van der Waals surface area (Å²) >= 11 is 9.26. The van der Waals surface area contributed by atoms with Crippen molar-refractivity contribution >= 4 is 44.9 Å². The molecule has 102 valence electrons. The number of carbonyl (C=O) groups is 2. The highest BCUT2D eigenvalue weighted by Gasteiger charge is 2.17. The molecule has 0 aliphatic carbocycles. The molecule has 0 heterocycles. The Labute approximate surface area is 130 Å². The standard InChI is InChI=1S/C15H11BrClNO2/c1-9-2-4-10(5-3-9)14(19)15(20)18-13-7-6-11(16)8-12(13)17/h2-8H,1H3,(H,18,20). The zero-order valence-corrected chi connectivity index (χ0v) is 13.0. The minimum Gasteiger partial charge on any atom is -0.318 e. The first-order chi connectivity index (χ1) is 9.47. The Morgan fingerprint density at radius 3 is 2.35 bits per heavy atom. The van der Waals surface area contributed by atoms with Gasteiger partial charge in [-0.15, -0.1) is 0 Å². The molecule has 0 aromatic heterocycles. The third-order valence-electron chi connectivity index (χ3n) is 2.70. The predicted molar refractivity (Wildman–Crippen MR) is 83.3 cm³/mol. The van der Waals surface area contributed by atoms with Crippen molar-refractivity contribution in [2.45, 2.75) is 6.92 Å². The molecule has 0 radical (unpaired) electrons. The Morgan fingerprint density at radius 2 is 1.75 bits per heavy atom. The van der Waals surface area contributed by atoms with Crippen LogP contribution >= 0.6 is 27.5 Å². The Balaban J connectivity index is 2.15. The van der Waals surface area contributed by atoms with E-state index in [4.69, 9.17) is 11.6 Å². The van der Waals surface area contributed by atoms with Crippen molar-refractivity contribution < 1.29 is 9.59 Å². The predicted octanol–water partition coefficient (Wildman–Crippen LogP) is 4.23. The first kappa shape index (κ1) is 14.8. The van der Waals surface area contributed by atoms with Crippen LogP contribution in [0.5, 0.6) is 0 Å². The van der Waals surface area contributed by atoms with Crippen LogP contribution < -0.4 is 5.32 Å². The Kier molecular flexibility index (Phi) is 4.57. The fraction of sp³-hybridized carbons (Fsp3) is 0.0667. The van der Waals surface area contributed by atoms with Gasteiger partial charge in [0, 0.05) is 10.0 Å². The van der Waals surface area contributed by atoms with Crippen LogP contribution in [0.4, 0.5) is 5.69 Å². The van der Waals surface area contributed by atoms with E-state index in [-0.39, 0.29) is 0 Å². The number of ketones is 1. The van der Waals surface area contributed by atoms with Crippen LogP contribution in [0.25, 0.3) is 0 Å². The lowest BCUT2D eigenvalue weighted by molar-refractivity contribution is -0.112. The smallest absolute Gasteiger partial charge is 0.296 e. The maximum absolute atomic E-state index is 12.0. The average Bonchev–Trinajstić information content (AvgIpc) is 2.42. The summed E-state index contributed by atoms with van der Waals surface area (Å²) in [6.45, 7) is 1.91. The van der Waals surface area contributed by atoms with E-state index in [1.54, 1.807) is 42.5 Å². The average molecular weight is 353 g/mol. The largest absolute Gasteiger partial charge is 0.318 e. The summed E-state index contributed by atoms with van der Waals surface area (Å²) in [5.41, 5.74) is 1.78. The Bertz CT molecular complexity index is 668. The van der Waals surface area contributed by atoms with Gasteiger partial charge in [0.25, 0.3) is 11.7 Å². The molecule has 1 N–H and O–H groups in total. The van der Waals surface area contributed by atoms with Crippen LogP contribution in [0.3, 0.4) is 0 Å². The number of nitrogens with one attached hydrogen (secondary N) is 1. The zero-order valence-electron chi connectivity index (χ0n) is 10.6. The van der Waals surface area contributed by atoms with Crippen molar-refractivity contribution in [2.75, 3.05) is 5.32 Å². The number of anilines is 1. The number of hydrogen-bond donors (Lipinski definition) is 1. The summed E-state index contributed by atoms with van der Waals surface area (Å²) in [6.07, 6.45) is 0. The molecule has 1 amide bonds. The van der Waals surface area contributed by atoms with E-state index in [1.165, 1.54) is 0 Å². The van der Waals surface area contributed by atoms with Crippen molar-refractivity contribution in [3.05, 3.63) is 63.1 Å². The number of benzene rings is 2. The van der Waals surface area contributed by atoms with Gasteiger partial charge in [-0.2, -0.15) is 0 Å². The normalized spacial score (nSPS) is 10.2. The minimum atomic E-state index is -0.710. The molecule has 0 fully saturated rings. The van der Waals surface area contributed by atoms with Gasteiger partial charge in [-0.1, -0.05) is 57.4 Å². The van der Waals surface area contributed by atoms with Gasteiger partial charge >= 0.3 is 0 Å². The summed E-state index contributed by atoms with van der Waals surface area (Å²) in [5.74, 6) is -1.30. The molecule has 0 spiro atoms. The molecule has 0 aliphatic heterocycles. The van der Waals surface area contributed by atoms with E-state index in [0.717, 1.165) is 10.0 Å². The van der Waals surface area contributed by atoms with Crippen molar-refractivity contribution in [1.82, 2.24) is 0 Å². The van der Waals surface area contributed by atoms with Crippen LogP contribution in [-0.4, -0.2) is 11.7 Å². The Hall–Kier alpha value is -1.65. The van der Waals surface area contributed by atoms with Crippen molar-refractivity contribution in [2.24, 2.45) is 0 Å². The fourth-order valence-corrected chi connectivity index (χ4v) is 2.33. The zero-order chi connectivity index (χ0) is 14.7. The van der Waals surface area contributed by atoms with Crippen LogP contribution in [-0.2, 0) is 4.79 Å². The van der Waals surface area contributed by atoms with Gasteiger partial charge in [-0.05, 0) is 25.1 Å². The lowest BCUT2D eigenvalue weighted by Gasteiger charge is -2.07. The van der Waals surface area contributed by atoms with Crippen LogP contribution in [0.2, 0.25) is 5.02 Å². The summed E-state index contributed by atoms with van der Waals surface area (Å²) < 4.78 is 0.797. The van der Waals surface area contributed by atoms with E-state index in [9.17, 15) is 9.59 Å². The maximum atomic E-state index is 12.0. The van der Waals surface area contributed by atoms with Gasteiger partial charge in [0.15, 0.2) is 0 Å². The van der Waals surface area contributed by atoms with Crippen LogP contribution in [0, 0.1) is 6.92 Å². The van der Waals surface area contributed by atoms with Gasteiger partial charge in [0.05, 0.1) is 10.7 Å². The lowest BCUT2D eigenvalue weighted by atomic mass is 10.1. The molecule has 0 bridgehead atoms. The highest BCUT2D eigenvalue weighted by atomic mass is 79.9. The number of carbonyl (C=O) groups excluding carboxylic acids is 2. The van der Waals surface area contributed by atoms with Gasteiger partial charge in [0.1, 0.15) is 0 Å². The molecule has 2 rings (SSSR count).